The number of hydrogen-bond donors (Lipinski definition) is 0. The number of benzene rings is 2. The van der Waals surface area contributed by atoms with Crippen LogP contribution in [0.2, 0.25) is 10.0 Å². The average Bonchev–Trinajstić information content (AvgIpc) is 2.75. The van der Waals surface area contributed by atoms with E-state index in [0.717, 1.165) is 16.3 Å². The highest BCUT2D eigenvalue weighted by atomic mass is 35.5. The van der Waals surface area contributed by atoms with Crippen molar-refractivity contribution in [2.45, 2.75) is 17.1 Å². The molecule has 1 unspecified atom stereocenters. The van der Waals surface area contributed by atoms with Crippen LogP contribution in [0.4, 0.5) is 5.69 Å². The number of para-hydroxylation sites is 1. The van der Waals surface area contributed by atoms with Gasteiger partial charge in [-0.2, -0.15) is 10.1 Å². The predicted octanol–water partition coefficient (Wildman–Crippen LogP) is 4.88. The Balaban J connectivity index is 1.84. The van der Waals surface area contributed by atoms with E-state index in [1.807, 2.05) is 37.3 Å². The van der Waals surface area contributed by atoms with E-state index >= 15 is 0 Å². The largest absolute Gasteiger partial charge is 0.271 e. The van der Waals surface area contributed by atoms with Crippen LogP contribution in [0, 0.1) is 0 Å². The van der Waals surface area contributed by atoms with E-state index in [9.17, 15) is 4.79 Å². The van der Waals surface area contributed by atoms with Crippen molar-refractivity contribution in [3.63, 3.8) is 0 Å². The fourth-order valence-corrected chi connectivity index (χ4v) is 3.91. The number of carbonyl (C=O) groups excluding carboxylic acids is 1. The maximum absolute atomic E-state index is 12.6. The summed E-state index contributed by atoms with van der Waals surface area (Å²) >= 11 is 13.4. The molecule has 3 nitrogen and oxygen atoms in total. The first kappa shape index (κ1) is 15.4. The van der Waals surface area contributed by atoms with Crippen LogP contribution in [-0.2, 0) is 4.79 Å². The van der Waals surface area contributed by atoms with Gasteiger partial charge in [-0.3, -0.25) is 4.79 Å². The third-order valence-corrected chi connectivity index (χ3v) is 4.88. The maximum atomic E-state index is 12.6. The van der Waals surface area contributed by atoms with Crippen LogP contribution in [0.5, 0.6) is 0 Å². The van der Waals surface area contributed by atoms with Gasteiger partial charge in [0.25, 0.3) is 5.91 Å². The van der Waals surface area contributed by atoms with Crippen molar-refractivity contribution >= 4 is 52.3 Å². The van der Waals surface area contributed by atoms with Crippen LogP contribution in [-0.4, -0.2) is 16.9 Å². The molecule has 3 rings (SSSR count). The van der Waals surface area contributed by atoms with E-state index in [-0.39, 0.29) is 11.2 Å². The predicted molar refractivity (Wildman–Crippen MR) is 93.1 cm³/mol. The molecule has 0 bridgehead atoms. The average molecular weight is 351 g/mol. The van der Waals surface area contributed by atoms with E-state index in [0.29, 0.717) is 10.0 Å². The van der Waals surface area contributed by atoms with Gasteiger partial charge in [-0.05, 0) is 37.3 Å². The summed E-state index contributed by atoms with van der Waals surface area (Å²) in [6, 6.07) is 14.6. The quantitative estimate of drug-likeness (QED) is 0.790. The molecule has 1 aliphatic rings. The van der Waals surface area contributed by atoms with Crippen molar-refractivity contribution in [3.05, 3.63) is 58.6 Å². The van der Waals surface area contributed by atoms with Gasteiger partial charge in [0.15, 0.2) is 0 Å². The van der Waals surface area contributed by atoms with Gasteiger partial charge in [0.05, 0.1) is 11.4 Å². The molecular formula is C16H12Cl2N2OS. The molecule has 0 spiro atoms. The maximum Gasteiger partial charge on any atom is 0.266 e. The Labute approximate surface area is 142 Å². The standard InChI is InChI=1S/C16H12Cl2N2OS/c1-10-15(22-14-8-11(17)7-12(18)9-14)16(21)20(19-10)13-5-3-2-4-6-13/h2-9,15H,1H3. The van der Waals surface area contributed by atoms with Crippen LogP contribution in [0.15, 0.2) is 58.5 Å². The van der Waals surface area contributed by atoms with Gasteiger partial charge in [-0.15, -0.1) is 11.8 Å². The number of anilines is 1. The van der Waals surface area contributed by atoms with Gasteiger partial charge in [0.2, 0.25) is 0 Å². The van der Waals surface area contributed by atoms with Crippen molar-refractivity contribution in [1.82, 2.24) is 0 Å². The van der Waals surface area contributed by atoms with Crippen molar-refractivity contribution in [2.24, 2.45) is 5.10 Å². The number of amides is 1. The Hall–Kier alpha value is -1.49. The van der Waals surface area contributed by atoms with Crippen molar-refractivity contribution in [1.29, 1.82) is 0 Å². The third kappa shape index (κ3) is 3.14. The SMILES string of the molecule is CC1=NN(c2ccccc2)C(=O)C1Sc1cc(Cl)cc(Cl)c1. The fraction of sp³-hybridized carbons (Fsp3) is 0.125. The molecule has 0 aromatic heterocycles. The fourth-order valence-electron chi connectivity index (χ4n) is 2.17. The Morgan fingerprint density at radius 3 is 2.36 bits per heavy atom. The normalized spacial score (nSPS) is 17.8. The zero-order valence-electron chi connectivity index (χ0n) is 11.7. The molecule has 2 aromatic carbocycles. The van der Waals surface area contributed by atoms with Crippen molar-refractivity contribution in [2.75, 3.05) is 5.01 Å². The number of halogens is 2. The zero-order chi connectivity index (χ0) is 15.7. The highest BCUT2D eigenvalue weighted by Crippen LogP contribution is 2.34. The first-order chi connectivity index (χ1) is 10.5. The molecule has 0 aliphatic carbocycles. The summed E-state index contributed by atoms with van der Waals surface area (Å²) in [5.74, 6) is -0.0650. The summed E-state index contributed by atoms with van der Waals surface area (Å²) in [5, 5.41) is 6.56. The molecule has 22 heavy (non-hydrogen) atoms. The number of carbonyl (C=O) groups is 1. The number of hydrazone groups is 1. The van der Waals surface area contributed by atoms with Crippen LogP contribution >= 0.6 is 35.0 Å². The Morgan fingerprint density at radius 1 is 1.09 bits per heavy atom. The lowest BCUT2D eigenvalue weighted by Crippen LogP contribution is -2.28. The van der Waals surface area contributed by atoms with Crippen LogP contribution in [0.1, 0.15) is 6.92 Å². The van der Waals surface area contributed by atoms with Gasteiger partial charge in [-0.1, -0.05) is 41.4 Å². The minimum Gasteiger partial charge on any atom is -0.271 e. The molecule has 112 valence electrons. The van der Waals surface area contributed by atoms with E-state index in [1.165, 1.54) is 16.8 Å². The number of thioether (sulfide) groups is 1. The molecule has 6 heteroatoms. The monoisotopic (exact) mass is 350 g/mol. The number of nitrogens with zero attached hydrogens (tertiary/aromatic N) is 2. The summed E-state index contributed by atoms with van der Waals surface area (Å²) in [4.78, 5) is 13.5. The lowest BCUT2D eigenvalue weighted by Gasteiger charge is -2.14. The first-order valence-electron chi connectivity index (χ1n) is 6.61. The van der Waals surface area contributed by atoms with Crippen molar-refractivity contribution < 1.29 is 4.79 Å². The Bertz CT molecular complexity index is 729. The molecule has 1 amide bonds. The summed E-state index contributed by atoms with van der Waals surface area (Å²) in [5.41, 5.74) is 1.52. The highest BCUT2D eigenvalue weighted by Gasteiger charge is 2.35. The molecule has 0 radical (unpaired) electrons. The molecular weight excluding hydrogens is 339 g/mol. The first-order valence-corrected chi connectivity index (χ1v) is 8.25. The second kappa shape index (κ2) is 6.32. The molecule has 0 N–H and O–H groups in total. The van der Waals surface area contributed by atoms with Crippen LogP contribution in [0.3, 0.4) is 0 Å². The molecule has 1 heterocycles. The molecule has 0 saturated heterocycles. The van der Waals surface area contributed by atoms with Gasteiger partial charge < -0.3 is 0 Å². The molecule has 0 fully saturated rings. The highest BCUT2D eigenvalue weighted by molar-refractivity contribution is 8.01. The number of hydrogen-bond acceptors (Lipinski definition) is 3. The topological polar surface area (TPSA) is 32.7 Å². The van der Waals surface area contributed by atoms with Gasteiger partial charge in [-0.25, -0.2) is 0 Å². The summed E-state index contributed by atoms with van der Waals surface area (Å²) < 4.78 is 0. The van der Waals surface area contributed by atoms with E-state index < -0.39 is 0 Å². The molecule has 1 aliphatic heterocycles. The smallest absolute Gasteiger partial charge is 0.266 e. The second-order valence-electron chi connectivity index (χ2n) is 4.83. The summed E-state index contributed by atoms with van der Waals surface area (Å²) in [6.45, 7) is 1.85. The molecule has 1 atom stereocenters. The van der Waals surface area contributed by atoms with Gasteiger partial charge in [0.1, 0.15) is 5.25 Å². The summed E-state index contributed by atoms with van der Waals surface area (Å²) in [7, 11) is 0. The van der Waals surface area contributed by atoms with Crippen LogP contribution < -0.4 is 5.01 Å². The third-order valence-electron chi connectivity index (χ3n) is 3.16. The van der Waals surface area contributed by atoms with Crippen LogP contribution in [0.25, 0.3) is 0 Å². The molecule has 2 aromatic rings. The van der Waals surface area contributed by atoms with Crippen molar-refractivity contribution in [3.8, 4) is 0 Å². The summed E-state index contributed by atoms with van der Waals surface area (Å²) in [6.07, 6.45) is 0. The van der Waals surface area contributed by atoms with E-state index in [1.54, 1.807) is 18.2 Å². The minimum atomic E-state index is -0.366. The zero-order valence-corrected chi connectivity index (χ0v) is 14.0. The van der Waals surface area contributed by atoms with E-state index in [4.69, 9.17) is 23.2 Å². The lowest BCUT2D eigenvalue weighted by atomic mass is 10.3. The lowest BCUT2D eigenvalue weighted by molar-refractivity contribution is -0.116. The van der Waals surface area contributed by atoms with E-state index in [2.05, 4.69) is 5.10 Å². The van der Waals surface area contributed by atoms with Gasteiger partial charge in [0, 0.05) is 14.9 Å². The Morgan fingerprint density at radius 2 is 1.73 bits per heavy atom. The molecule has 0 saturated carbocycles. The number of rotatable bonds is 3. The van der Waals surface area contributed by atoms with Gasteiger partial charge >= 0.3 is 0 Å². The second-order valence-corrected chi connectivity index (χ2v) is 6.88. The Kier molecular flexibility index (Phi) is 4.43. The minimum absolute atomic E-state index is 0.0650.